The number of ether oxygens (including phenoxy) is 1. The van der Waals surface area contributed by atoms with E-state index in [2.05, 4.69) is 20.5 Å². The number of anilines is 1. The normalized spacial score (nSPS) is 10.7. The first-order chi connectivity index (χ1) is 9.67. The Bertz CT molecular complexity index is 607. The molecule has 0 radical (unpaired) electrons. The molecule has 0 bridgehead atoms. The van der Waals surface area contributed by atoms with Crippen molar-refractivity contribution in [3.8, 4) is 6.01 Å². The second kappa shape index (κ2) is 6.46. The molecule has 0 atom stereocenters. The number of H-pyrrole nitrogens is 1. The van der Waals surface area contributed by atoms with Gasteiger partial charge in [0.05, 0.1) is 6.61 Å². The Labute approximate surface area is 114 Å². The van der Waals surface area contributed by atoms with Crippen LogP contribution in [0.15, 0.2) is 30.3 Å². The molecule has 1 aromatic carbocycles. The number of benzene rings is 1. The summed E-state index contributed by atoms with van der Waals surface area (Å²) >= 11 is 0. The highest BCUT2D eigenvalue weighted by Crippen LogP contribution is 2.07. The molecule has 6 nitrogen and oxygen atoms in total. The summed E-state index contributed by atoms with van der Waals surface area (Å²) < 4.78 is 17.8. The smallest absolute Gasteiger partial charge is 0.337 e. The second-order valence-electron chi connectivity index (χ2n) is 3.77. The molecule has 1 heterocycles. The summed E-state index contributed by atoms with van der Waals surface area (Å²) in [7, 11) is 0. The molecule has 7 heteroatoms. The van der Waals surface area contributed by atoms with E-state index in [4.69, 9.17) is 4.74 Å². The molecule has 0 fully saturated rings. The number of carbonyl (C=O) groups is 1. The lowest BCUT2D eigenvalue weighted by Crippen LogP contribution is -2.09. The van der Waals surface area contributed by atoms with Gasteiger partial charge >= 0.3 is 6.01 Å². The predicted molar refractivity (Wildman–Crippen MR) is 71.6 cm³/mol. The van der Waals surface area contributed by atoms with Crippen LogP contribution in [0.3, 0.4) is 0 Å². The van der Waals surface area contributed by atoms with Gasteiger partial charge < -0.3 is 4.74 Å². The van der Waals surface area contributed by atoms with Gasteiger partial charge in [0, 0.05) is 6.08 Å². The SMILES string of the molecule is CCOc1n[nH]c(NC(=O)/C=C/c2ccc(F)cc2)n1. The topological polar surface area (TPSA) is 79.9 Å². The van der Waals surface area contributed by atoms with Crippen molar-refractivity contribution < 1.29 is 13.9 Å². The quantitative estimate of drug-likeness (QED) is 0.818. The number of aromatic amines is 1. The maximum atomic E-state index is 12.7. The van der Waals surface area contributed by atoms with Crippen molar-refractivity contribution in [3.63, 3.8) is 0 Å². The summed E-state index contributed by atoms with van der Waals surface area (Å²) in [6.07, 6.45) is 2.88. The van der Waals surface area contributed by atoms with Crippen LogP contribution in [0.5, 0.6) is 6.01 Å². The molecule has 0 aliphatic heterocycles. The van der Waals surface area contributed by atoms with Gasteiger partial charge in [0.25, 0.3) is 5.91 Å². The predicted octanol–water partition coefficient (Wildman–Crippen LogP) is 1.99. The molecule has 1 aromatic heterocycles. The van der Waals surface area contributed by atoms with E-state index in [1.54, 1.807) is 25.1 Å². The third-order valence-electron chi connectivity index (χ3n) is 2.28. The molecule has 104 valence electrons. The first-order valence-electron chi connectivity index (χ1n) is 5.97. The molecule has 0 aliphatic carbocycles. The molecule has 0 aliphatic rings. The van der Waals surface area contributed by atoms with Crippen LogP contribution in [-0.4, -0.2) is 27.7 Å². The lowest BCUT2D eigenvalue weighted by molar-refractivity contribution is -0.111. The molecule has 1 amide bonds. The Balaban J connectivity index is 1.92. The Hall–Kier alpha value is -2.70. The van der Waals surface area contributed by atoms with Crippen molar-refractivity contribution in [2.45, 2.75) is 6.92 Å². The molecule has 0 saturated carbocycles. The van der Waals surface area contributed by atoms with Crippen molar-refractivity contribution >= 4 is 17.9 Å². The third-order valence-corrected chi connectivity index (χ3v) is 2.28. The minimum atomic E-state index is -0.381. The summed E-state index contributed by atoms with van der Waals surface area (Å²) in [6, 6.07) is 5.96. The molecule has 2 rings (SSSR count). The number of carbonyl (C=O) groups excluding carboxylic acids is 1. The monoisotopic (exact) mass is 276 g/mol. The van der Waals surface area contributed by atoms with Crippen molar-refractivity contribution in [2.24, 2.45) is 0 Å². The summed E-state index contributed by atoms with van der Waals surface area (Å²) in [5.41, 5.74) is 0.717. The molecule has 0 unspecified atom stereocenters. The van der Waals surface area contributed by atoms with Gasteiger partial charge in [0.1, 0.15) is 5.82 Å². The minimum Gasteiger partial charge on any atom is -0.463 e. The van der Waals surface area contributed by atoms with Crippen LogP contribution in [0.25, 0.3) is 6.08 Å². The third kappa shape index (κ3) is 3.91. The van der Waals surface area contributed by atoms with Crippen LogP contribution in [0.2, 0.25) is 0 Å². The average molecular weight is 276 g/mol. The lowest BCUT2D eigenvalue weighted by atomic mass is 10.2. The maximum absolute atomic E-state index is 12.7. The van der Waals surface area contributed by atoms with E-state index < -0.39 is 0 Å². The average Bonchev–Trinajstić information content (AvgIpc) is 2.86. The summed E-state index contributed by atoms with van der Waals surface area (Å²) in [6.45, 7) is 2.25. The van der Waals surface area contributed by atoms with Gasteiger partial charge in [-0.05, 0) is 30.7 Å². The lowest BCUT2D eigenvalue weighted by Gasteiger charge is -1.96. The van der Waals surface area contributed by atoms with Crippen LogP contribution in [0, 0.1) is 5.82 Å². The van der Waals surface area contributed by atoms with E-state index in [0.29, 0.717) is 12.2 Å². The molecule has 0 spiro atoms. The zero-order valence-electron chi connectivity index (χ0n) is 10.8. The van der Waals surface area contributed by atoms with Gasteiger partial charge in [0.2, 0.25) is 5.95 Å². The van der Waals surface area contributed by atoms with Crippen LogP contribution >= 0.6 is 0 Å². The highest BCUT2D eigenvalue weighted by atomic mass is 19.1. The first kappa shape index (κ1) is 13.7. The number of amides is 1. The van der Waals surface area contributed by atoms with Gasteiger partial charge in [-0.3, -0.25) is 10.1 Å². The van der Waals surface area contributed by atoms with Crippen LogP contribution in [0.4, 0.5) is 10.3 Å². The molecular weight excluding hydrogens is 263 g/mol. The van der Waals surface area contributed by atoms with Crippen molar-refractivity contribution in [2.75, 3.05) is 11.9 Å². The van der Waals surface area contributed by atoms with E-state index in [1.165, 1.54) is 18.2 Å². The number of nitrogens with zero attached hydrogens (tertiary/aromatic N) is 2. The fraction of sp³-hybridized carbons (Fsp3) is 0.154. The minimum absolute atomic E-state index is 0.172. The zero-order valence-corrected chi connectivity index (χ0v) is 10.8. The number of hydrogen-bond donors (Lipinski definition) is 2. The van der Waals surface area contributed by atoms with Crippen LogP contribution in [0.1, 0.15) is 12.5 Å². The van der Waals surface area contributed by atoms with Crippen molar-refractivity contribution in [1.82, 2.24) is 15.2 Å². The Kier molecular flexibility index (Phi) is 4.43. The molecule has 20 heavy (non-hydrogen) atoms. The van der Waals surface area contributed by atoms with Gasteiger partial charge in [0.15, 0.2) is 0 Å². The number of halogens is 1. The van der Waals surface area contributed by atoms with Crippen LogP contribution in [-0.2, 0) is 4.79 Å². The Morgan fingerprint density at radius 1 is 1.45 bits per heavy atom. The number of hydrogen-bond acceptors (Lipinski definition) is 4. The van der Waals surface area contributed by atoms with Crippen molar-refractivity contribution in [1.29, 1.82) is 0 Å². The van der Waals surface area contributed by atoms with Gasteiger partial charge in [-0.25, -0.2) is 9.49 Å². The highest BCUT2D eigenvalue weighted by molar-refractivity contribution is 6.00. The second-order valence-corrected chi connectivity index (χ2v) is 3.77. The van der Waals surface area contributed by atoms with Crippen LogP contribution < -0.4 is 10.1 Å². The molecule has 2 aromatic rings. The highest BCUT2D eigenvalue weighted by Gasteiger charge is 2.05. The van der Waals surface area contributed by atoms with Crippen molar-refractivity contribution in [3.05, 3.63) is 41.7 Å². The van der Waals surface area contributed by atoms with E-state index in [-0.39, 0.29) is 23.7 Å². The zero-order chi connectivity index (χ0) is 14.4. The van der Waals surface area contributed by atoms with E-state index in [9.17, 15) is 9.18 Å². The summed E-state index contributed by atoms with van der Waals surface area (Å²) in [5, 5.41) is 8.77. The van der Waals surface area contributed by atoms with Gasteiger partial charge in [-0.1, -0.05) is 12.1 Å². The Morgan fingerprint density at radius 3 is 2.90 bits per heavy atom. The summed E-state index contributed by atoms with van der Waals surface area (Å²) in [4.78, 5) is 15.5. The largest absolute Gasteiger partial charge is 0.463 e. The standard InChI is InChI=1S/C13H13FN4O2/c1-2-20-13-16-12(17-18-13)15-11(19)8-5-9-3-6-10(14)7-4-9/h3-8H,2H2,1H3,(H2,15,16,17,18,19)/b8-5+. The number of aromatic nitrogens is 3. The van der Waals surface area contributed by atoms with E-state index in [0.717, 1.165) is 0 Å². The van der Waals surface area contributed by atoms with E-state index in [1.807, 2.05) is 0 Å². The molecule has 2 N–H and O–H groups in total. The fourth-order valence-corrected chi connectivity index (χ4v) is 1.40. The van der Waals surface area contributed by atoms with Gasteiger partial charge in [-0.15, -0.1) is 5.10 Å². The first-order valence-corrected chi connectivity index (χ1v) is 5.97. The van der Waals surface area contributed by atoms with E-state index >= 15 is 0 Å². The molecular formula is C13H13FN4O2. The van der Waals surface area contributed by atoms with Gasteiger partial charge in [-0.2, -0.15) is 4.98 Å². The maximum Gasteiger partial charge on any atom is 0.337 e. The Morgan fingerprint density at radius 2 is 2.20 bits per heavy atom. The number of rotatable bonds is 5. The fourth-order valence-electron chi connectivity index (χ4n) is 1.40. The number of nitrogens with one attached hydrogen (secondary N) is 2. The summed E-state index contributed by atoms with van der Waals surface area (Å²) in [5.74, 6) is -0.507. The molecule has 0 saturated heterocycles.